The van der Waals surface area contributed by atoms with E-state index in [1.54, 1.807) is 0 Å². The van der Waals surface area contributed by atoms with Crippen LogP contribution in [0.1, 0.15) is 39.2 Å². The van der Waals surface area contributed by atoms with Gasteiger partial charge in [0.05, 0.1) is 10.5 Å². The van der Waals surface area contributed by atoms with Gasteiger partial charge in [-0.05, 0) is 37.3 Å². The van der Waals surface area contributed by atoms with Gasteiger partial charge in [-0.2, -0.15) is 0 Å². The van der Waals surface area contributed by atoms with Gasteiger partial charge in [0.1, 0.15) is 10.8 Å². The summed E-state index contributed by atoms with van der Waals surface area (Å²) in [6.07, 6.45) is 5.12. The van der Waals surface area contributed by atoms with Crippen LogP contribution >= 0.6 is 11.3 Å². The summed E-state index contributed by atoms with van der Waals surface area (Å²) in [5.74, 6) is -0.642. The first-order chi connectivity index (χ1) is 11.5. The summed E-state index contributed by atoms with van der Waals surface area (Å²) in [6, 6.07) is 3.69. The zero-order chi connectivity index (χ0) is 17.3. The van der Waals surface area contributed by atoms with E-state index in [2.05, 4.69) is 4.99 Å². The molecule has 1 aromatic heterocycles. The summed E-state index contributed by atoms with van der Waals surface area (Å²) in [6.45, 7) is 0. The van der Waals surface area contributed by atoms with Crippen molar-refractivity contribution < 1.29 is 14.8 Å². The monoisotopic (exact) mass is 345 g/mol. The molecule has 1 aliphatic carbocycles. The maximum Gasteiger partial charge on any atom is 0.270 e. The summed E-state index contributed by atoms with van der Waals surface area (Å²) in [5.41, 5.74) is 6.96. The molecule has 7 nitrogen and oxygen atoms in total. The molecule has 3 rings (SSSR count). The van der Waals surface area contributed by atoms with Crippen molar-refractivity contribution >= 4 is 34.1 Å². The highest BCUT2D eigenvalue weighted by molar-refractivity contribution is 7.16. The first-order valence-electron chi connectivity index (χ1n) is 7.43. The fourth-order valence-corrected chi connectivity index (χ4v) is 4.02. The number of phenolic OH excluding ortho intramolecular Hbond substituents is 1. The van der Waals surface area contributed by atoms with E-state index in [0.717, 1.165) is 36.1 Å². The van der Waals surface area contributed by atoms with Crippen LogP contribution in [0.2, 0.25) is 0 Å². The average molecular weight is 345 g/mol. The Hall–Kier alpha value is -2.74. The zero-order valence-corrected chi connectivity index (χ0v) is 13.5. The molecule has 0 saturated heterocycles. The summed E-state index contributed by atoms with van der Waals surface area (Å²) in [7, 11) is 0. The van der Waals surface area contributed by atoms with E-state index in [1.807, 2.05) is 0 Å². The number of carbonyl (C=O) groups is 1. The van der Waals surface area contributed by atoms with Crippen LogP contribution in [-0.2, 0) is 12.8 Å². The number of non-ortho nitro benzene ring substituents is 1. The highest BCUT2D eigenvalue weighted by atomic mass is 32.1. The predicted octanol–water partition coefficient (Wildman–Crippen LogP) is 3.09. The van der Waals surface area contributed by atoms with Crippen LogP contribution in [0.5, 0.6) is 5.75 Å². The molecule has 0 spiro atoms. The zero-order valence-electron chi connectivity index (χ0n) is 12.7. The Kier molecular flexibility index (Phi) is 4.30. The maximum atomic E-state index is 11.8. The summed E-state index contributed by atoms with van der Waals surface area (Å²) >= 11 is 1.41. The van der Waals surface area contributed by atoms with Crippen LogP contribution in [0.25, 0.3) is 0 Å². The van der Waals surface area contributed by atoms with Crippen LogP contribution in [0, 0.1) is 10.1 Å². The molecule has 1 amide bonds. The van der Waals surface area contributed by atoms with Crippen LogP contribution in [0.4, 0.5) is 10.7 Å². The predicted molar refractivity (Wildman–Crippen MR) is 91.5 cm³/mol. The molecule has 0 atom stereocenters. The molecular formula is C16H15N3O4S. The van der Waals surface area contributed by atoms with Crippen molar-refractivity contribution in [2.45, 2.75) is 25.7 Å². The largest absolute Gasteiger partial charge is 0.507 e. The van der Waals surface area contributed by atoms with Gasteiger partial charge in [0.25, 0.3) is 11.6 Å². The molecule has 0 saturated carbocycles. The number of amides is 1. The lowest BCUT2D eigenvalue weighted by atomic mass is 9.95. The van der Waals surface area contributed by atoms with Gasteiger partial charge < -0.3 is 10.8 Å². The molecule has 2 aromatic rings. The third kappa shape index (κ3) is 3.00. The fourth-order valence-electron chi connectivity index (χ4n) is 2.78. The molecular weight excluding hydrogens is 330 g/mol. The van der Waals surface area contributed by atoms with Gasteiger partial charge in [0.2, 0.25) is 0 Å². The number of primary amides is 1. The van der Waals surface area contributed by atoms with E-state index in [0.29, 0.717) is 10.6 Å². The van der Waals surface area contributed by atoms with Gasteiger partial charge >= 0.3 is 0 Å². The number of nitrogens with zero attached hydrogens (tertiary/aromatic N) is 2. The van der Waals surface area contributed by atoms with E-state index in [-0.39, 0.29) is 17.0 Å². The molecule has 0 fully saturated rings. The number of fused-ring (bicyclic) bond motifs is 1. The molecule has 0 radical (unpaired) electrons. The van der Waals surface area contributed by atoms with Gasteiger partial charge in [-0.1, -0.05) is 0 Å². The van der Waals surface area contributed by atoms with Gasteiger partial charge in [0, 0.05) is 28.8 Å². The number of nitrogens with two attached hydrogens (primary N) is 1. The fraction of sp³-hybridized carbons (Fsp3) is 0.250. The van der Waals surface area contributed by atoms with E-state index in [9.17, 15) is 20.0 Å². The summed E-state index contributed by atoms with van der Waals surface area (Å²) < 4.78 is 0. The summed E-state index contributed by atoms with van der Waals surface area (Å²) in [4.78, 5) is 27.5. The number of rotatable bonds is 4. The van der Waals surface area contributed by atoms with Gasteiger partial charge in [0.15, 0.2) is 0 Å². The summed E-state index contributed by atoms with van der Waals surface area (Å²) in [5, 5.41) is 21.2. The van der Waals surface area contributed by atoms with Gasteiger partial charge in [-0.15, -0.1) is 11.3 Å². The number of thiophene rings is 1. The van der Waals surface area contributed by atoms with Crippen molar-refractivity contribution in [3.63, 3.8) is 0 Å². The van der Waals surface area contributed by atoms with Crippen LogP contribution in [-0.4, -0.2) is 22.2 Å². The Labute approximate surface area is 141 Å². The second-order valence-corrected chi connectivity index (χ2v) is 6.60. The first kappa shape index (κ1) is 16.1. The van der Waals surface area contributed by atoms with Crippen LogP contribution in [0.15, 0.2) is 23.2 Å². The number of aryl methyl sites for hydroxylation is 1. The van der Waals surface area contributed by atoms with Crippen molar-refractivity contribution in [1.29, 1.82) is 0 Å². The molecule has 0 unspecified atom stereocenters. The standard InChI is InChI=1S/C16H15N3O4S/c17-15(21)14-11-3-1-2-4-13(11)24-16(14)18-8-9-7-10(19(22)23)5-6-12(9)20/h5-8,20H,1-4H2,(H2,17,21)/b18-8+. The molecule has 1 aromatic carbocycles. The minimum absolute atomic E-state index is 0.119. The van der Waals surface area contributed by atoms with Crippen molar-refractivity contribution in [2.24, 2.45) is 10.7 Å². The molecule has 24 heavy (non-hydrogen) atoms. The minimum Gasteiger partial charge on any atom is -0.507 e. The first-order valence-corrected chi connectivity index (χ1v) is 8.25. The number of phenols is 1. The number of nitro benzene ring substituents is 1. The highest BCUT2D eigenvalue weighted by Gasteiger charge is 2.23. The lowest BCUT2D eigenvalue weighted by molar-refractivity contribution is -0.384. The van der Waals surface area contributed by atoms with E-state index in [1.165, 1.54) is 35.8 Å². The highest BCUT2D eigenvalue weighted by Crippen LogP contribution is 2.39. The average Bonchev–Trinajstić information content (AvgIpc) is 2.92. The Morgan fingerprint density at radius 3 is 2.83 bits per heavy atom. The Morgan fingerprint density at radius 1 is 1.38 bits per heavy atom. The van der Waals surface area contributed by atoms with Crippen LogP contribution in [0.3, 0.4) is 0 Å². The topological polar surface area (TPSA) is 119 Å². The molecule has 0 aliphatic heterocycles. The molecule has 3 N–H and O–H groups in total. The number of benzene rings is 1. The lowest BCUT2D eigenvalue weighted by Crippen LogP contribution is -2.14. The maximum absolute atomic E-state index is 11.8. The third-order valence-electron chi connectivity index (χ3n) is 3.94. The van der Waals surface area contributed by atoms with Crippen molar-refractivity contribution in [3.8, 4) is 5.75 Å². The number of carbonyl (C=O) groups excluding carboxylic acids is 1. The minimum atomic E-state index is -0.546. The third-order valence-corrected chi connectivity index (χ3v) is 5.14. The Morgan fingerprint density at radius 2 is 2.12 bits per heavy atom. The van der Waals surface area contributed by atoms with Crippen LogP contribution < -0.4 is 5.73 Å². The van der Waals surface area contributed by atoms with Crippen molar-refractivity contribution in [3.05, 3.63) is 49.9 Å². The normalized spacial score (nSPS) is 13.8. The molecule has 1 heterocycles. The lowest BCUT2D eigenvalue weighted by Gasteiger charge is -2.10. The Balaban J connectivity index is 2.01. The van der Waals surface area contributed by atoms with Crippen molar-refractivity contribution in [2.75, 3.05) is 0 Å². The number of aromatic hydroxyl groups is 1. The van der Waals surface area contributed by atoms with Gasteiger partial charge in [-0.3, -0.25) is 14.9 Å². The molecule has 8 heteroatoms. The van der Waals surface area contributed by atoms with Crippen molar-refractivity contribution in [1.82, 2.24) is 0 Å². The second kappa shape index (κ2) is 6.40. The van der Waals surface area contributed by atoms with Gasteiger partial charge in [-0.25, -0.2) is 4.99 Å². The molecule has 1 aliphatic rings. The van der Waals surface area contributed by atoms with E-state index >= 15 is 0 Å². The van der Waals surface area contributed by atoms with E-state index in [4.69, 9.17) is 5.73 Å². The Bertz CT molecular complexity index is 857. The number of nitro groups is 1. The molecule has 0 bridgehead atoms. The number of hydrogen-bond acceptors (Lipinski definition) is 6. The SMILES string of the molecule is NC(=O)c1c(/N=C/c2cc([N+](=O)[O-])ccc2O)sc2c1CCCC2. The second-order valence-electron chi connectivity index (χ2n) is 5.51. The number of hydrogen-bond donors (Lipinski definition) is 2. The molecule has 124 valence electrons. The quantitative estimate of drug-likeness (QED) is 0.502. The van der Waals surface area contributed by atoms with E-state index < -0.39 is 10.8 Å². The number of aliphatic imine (C=N–C) groups is 1. The smallest absolute Gasteiger partial charge is 0.270 e.